The van der Waals surface area contributed by atoms with E-state index in [1.165, 1.54) is 18.2 Å². The van der Waals surface area contributed by atoms with Gasteiger partial charge in [0, 0.05) is 6.42 Å². The molecule has 0 fully saturated rings. The maximum Gasteiger partial charge on any atom is 0.455 e. The highest BCUT2D eigenvalue weighted by Gasteiger charge is 2.42. The molecule has 0 bridgehead atoms. The smallest absolute Gasteiger partial charge is 0.302 e. The Balaban J connectivity index is 1.76. The average molecular weight is 475 g/mol. The third-order valence-corrected chi connectivity index (χ3v) is 7.37. The van der Waals surface area contributed by atoms with Gasteiger partial charge in [-0.2, -0.15) is 13.2 Å². The van der Waals surface area contributed by atoms with Crippen molar-refractivity contribution >= 4 is 49.3 Å². The van der Waals surface area contributed by atoms with E-state index in [1.54, 1.807) is 29.6 Å². The Hall–Kier alpha value is -2.57. The zero-order valence-corrected chi connectivity index (χ0v) is 17.4. The summed E-state index contributed by atoms with van der Waals surface area (Å²) < 4.78 is 63.2. The predicted octanol–water partition coefficient (Wildman–Crippen LogP) is 4.42. The topological polar surface area (TPSA) is 93.2 Å². The van der Waals surface area contributed by atoms with Crippen molar-refractivity contribution in [1.29, 1.82) is 0 Å². The number of anilines is 1. The number of hydrogen-bond donors (Lipinski definition) is 1. The number of amides is 1. The number of aromatic nitrogens is 1. The lowest BCUT2D eigenvalue weighted by molar-refractivity contribution is -0.115. The molecule has 1 N–H and O–H groups in total. The molecule has 12 heteroatoms. The number of rotatable bonds is 7. The van der Waals surface area contributed by atoms with Gasteiger partial charge in [0.05, 0.1) is 15.5 Å². The third kappa shape index (κ3) is 5.12. The highest BCUT2D eigenvalue weighted by molar-refractivity contribution is 7.91. The maximum atomic E-state index is 12.9. The van der Waals surface area contributed by atoms with Gasteiger partial charge in [0.2, 0.25) is 5.91 Å². The number of hydrogen-bond acceptors (Lipinski definition) is 7. The van der Waals surface area contributed by atoms with Gasteiger partial charge in [0.1, 0.15) is 10.6 Å². The van der Waals surface area contributed by atoms with Gasteiger partial charge in [-0.25, -0.2) is 13.4 Å². The minimum Gasteiger partial charge on any atom is -0.302 e. The molecule has 158 valence electrons. The van der Waals surface area contributed by atoms with E-state index in [4.69, 9.17) is 0 Å². The summed E-state index contributed by atoms with van der Waals surface area (Å²) in [7, 11) is -3.70. The van der Waals surface area contributed by atoms with E-state index in [0.29, 0.717) is 16.2 Å². The summed E-state index contributed by atoms with van der Waals surface area (Å²) in [6, 6.07) is 10.6. The third-order valence-electron chi connectivity index (χ3n) is 3.79. The lowest BCUT2D eigenvalue weighted by Gasteiger charge is -2.04. The van der Waals surface area contributed by atoms with Crippen LogP contribution in [-0.2, 0) is 14.6 Å². The molecule has 3 rings (SSSR count). The first-order valence-electron chi connectivity index (χ1n) is 8.32. The number of sulfone groups is 1. The number of carbonyl (C=O) groups excluding carboxylic acids is 2. The number of alkyl halides is 3. The fourth-order valence-electron chi connectivity index (χ4n) is 2.39. The molecule has 1 amide bonds. The second-order valence-electron chi connectivity index (χ2n) is 5.93. The van der Waals surface area contributed by atoms with Crippen molar-refractivity contribution in [3.8, 4) is 10.6 Å². The van der Waals surface area contributed by atoms with Gasteiger partial charge >= 0.3 is 6.18 Å². The van der Waals surface area contributed by atoms with Crippen LogP contribution in [-0.4, -0.2) is 37.0 Å². The summed E-state index contributed by atoms with van der Waals surface area (Å²) in [5.74, 6) is -3.29. The highest BCUT2D eigenvalue weighted by Crippen LogP contribution is 2.37. The maximum absolute atomic E-state index is 12.9. The van der Waals surface area contributed by atoms with Gasteiger partial charge in [0.25, 0.3) is 5.78 Å². The highest BCUT2D eigenvalue weighted by atomic mass is 32.2. The van der Waals surface area contributed by atoms with Crippen LogP contribution in [0.2, 0.25) is 0 Å². The zero-order chi connectivity index (χ0) is 21.9. The van der Waals surface area contributed by atoms with Gasteiger partial charge in [-0.15, -0.1) is 11.3 Å². The standard InChI is InChI=1S/C18H13F3N2O4S3/c19-18(20,21)16(25)15-14(12-7-4-9-28-12)23-17(29-15)22-13(24)8-10-30(26,27)11-5-2-1-3-6-11/h1-7,9H,8,10H2,(H,22,23,24). The van der Waals surface area contributed by atoms with Crippen molar-refractivity contribution in [1.82, 2.24) is 4.98 Å². The predicted molar refractivity (Wildman–Crippen MR) is 108 cm³/mol. The summed E-state index contributed by atoms with van der Waals surface area (Å²) in [5, 5.41) is 3.68. The summed E-state index contributed by atoms with van der Waals surface area (Å²) in [4.78, 5) is 27.6. The van der Waals surface area contributed by atoms with Crippen molar-refractivity contribution < 1.29 is 31.2 Å². The van der Waals surface area contributed by atoms with Crippen LogP contribution in [0, 0.1) is 0 Å². The van der Waals surface area contributed by atoms with Gasteiger partial charge in [0.15, 0.2) is 15.0 Å². The van der Waals surface area contributed by atoms with Crippen LogP contribution in [0.3, 0.4) is 0 Å². The number of halogens is 3. The van der Waals surface area contributed by atoms with Crippen LogP contribution in [0.25, 0.3) is 10.6 Å². The van der Waals surface area contributed by atoms with Gasteiger partial charge in [-0.05, 0) is 23.6 Å². The van der Waals surface area contributed by atoms with E-state index in [9.17, 15) is 31.2 Å². The number of nitrogens with one attached hydrogen (secondary N) is 1. The van der Waals surface area contributed by atoms with E-state index in [-0.39, 0.29) is 15.7 Å². The zero-order valence-electron chi connectivity index (χ0n) is 15.0. The molecule has 2 heterocycles. The number of thiophene rings is 1. The Morgan fingerprint density at radius 3 is 2.37 bits per heavy atom. The SMILES string of the molecule is O=C(CCS(=O)(=O)c1ccccc1)Nc1nc(-c2cccs2)c(C(=O)C(F)(F)F)s1. The normalized spacial score (nSPS) is 12.0. The lowest BCUT2D eigenvalue weighted by Crippen LogP contribution is -2.22. The Labute approximate surface area is 177 Å². The van der Waals surface area contributed by atoms with E-state index in [1.807, 2.05) is 0 Å². The molecule has 0 atom stereocenters. The molecule has 0 spiro atoms. The second-order valence-corrected chi connectivity index (χ2v) is 9.99. The van der Waals surface area contributed by atoms with Crippen molar-refractivity contribution in [3.63, 3.8) is 0 Å². The van der Waals surface area contributed by atoms with Crippen molar-refractivity contribution in [2.45, 2.75) is 17.5 Å². The van der Waals surface area contributed by atoms with Crippen LogP contribution in [0.15, 0.2) is 52.7 Å². The van der Waals surface area contributed by atoms with E-state index >= 15 is 0 Å². The van der Waals surface area contributed by atoms with E-state index in [0.717, 1.165) is 11.3 Å². The largest absolute Gasteiger partial charge is 0.455 e. The molecule has 1 aromatic carbocycles. The van der Waals surface area contributed by atoms with Crippen LogP contribution in [0.5, 0.6) is 0 Å². The summed E-state index contributed by atoms with van der Waals surface area (Å²) >= 11 is 1.49. The Morgan fingerprint density at radius 2 is 1.77 bits per heavy atom. The quantitative estimate of drug-likeness (QED) is 0.512. The Kier molecular flexibility index (Phi) is 6.38. The molecule has 0 saturated carbocycles. The molecule has 0 radical (unpaired) electrons. The number of Topliss-reactive ketones (excluding diaryl/α,β-unsaturated/α-hetero) is 1. The Bertz CT molecular complexity index is 1160. The molecule has 0 aliphatic rings. The fraction of sp³-hybridized carbons (Fsp3) is 0.167. The number of benzene rings is 1. The van der Waals surface area contributed by atoms with Crippen molar-refractivity contribution in [2.75, 3.05) is 11.1 Å². The first kappa shape index (κ1) is 22.1. The summed E-state index contributed by atoms with van der Waals surface area (Å²) in [6.45, 7) is 0. The number of carbonyl (C=O) groups is 2. The lowest BCUT2D eigenvalue weighted by atomic mass is 10.2. The second kappa shape index (κ2) is 8.66. The number of nitrogens with zero attached hydrogens (tertiary/aromatic N) is 1. The van der Waals surface area contributed by atoms with Crippen LogP contribution >= 0.6 is 22.7 Å². The molecule has 3 aromatic rings. The molecule has 2 aromatic heterocycles. The molecular weight excluding hydrogens is 461 g/mol. The molecule has 0 saturated heterocycles. The number of ketones is 1. The average Bonchev–Trinajstić information content (AvgIpc) is 3.35. The van der Waals surface area contributed by atoms with Crippen molar-refractivity contribution in [3.05, 3.63) is 52.7 Å². The fourth-order valence-corrected chi connectivity index (χ4v) is 5.39. The van der Waals surface area contributed by atoms with Gasteiger partial charge in [-0.1, -0.05) is 35.6 Å². The van der Waals surface area contributed by atoms with E-state index in [2.05, 4.69) is 10.3 Å². The van der Waals surface area contributed by atoms with Crippen LogP contribution in [0.4, 0.5) is 18.3 Å². The van der Waals surface area contributed by atoms with E-state index < -0.39 is 44.8 Å². The van der Waals surface area contributed by atoms with Gasteiger partial charge < -0.3 is 5.32 Å². The van der Waals surface area contributed by atoms with Crippen LogP contribution < -0.4 is 5.32 Å². The summed E-state index contributed by atoms with van der Waals surface area (Å²) in [6.07, 6.45) is -5.52. The first-order chi connectivity index (χ1) is 14.1. The van der Waals surface area contributed by atoms with Gasteiger partial charge in [-0.3, -0.25) is 9.59 Å². The molecule has 6 nitrogen and oxygen atoms in total. The molecular formula is C18H13F3N2O4S3. The minimum atomic E-state index is -5.09. The molecule has 30 heavy (non-hydrogen) atoms. The minimum absolute atomic E-state index is 0.0603. The van der Waals surface area contributed by atoms with Crippen LogP contribution in [0.1, 0.15) is 16.1 Å². The first-order valence-corrected chi connectivity index (χ1v) is 11.7. The summed E-state index contributed by atoms with van der Waals surface area (Å²) in [5.41, 5.74) is -0.176. The molecule has 0 aliphatic heterocycles. The van der Waals surface area contributed by atoms with Crippen molar-refractivity contribution in [2.24, 2.45) is 0 Å². The Morgan fingerprint density at radius 1 is 1.07 bits per heavy atom. The molecule has 0 aliphatic carbocycles. The number of thiazole rings is 1. The monoisotopic (exact) mass is 474 g/mol. The molecule has 0 unspecified atom stereocenters.